The Morgan fingerprint density at radius 3 is 2.43 bits per heavy atom. The summed E-state index contributed by atoms with van der Waals surface area (Å²) < 4.78 is 5.93. The summed E-state index contributed by atoms with van der Waals surface area (Å²) in [5, 5.41) is 2.94. The molecule has 0 saturated carbocycles. The molecule has 30 heavy (non-hydrogen) atoms. The number of nitrogens with zero attached hydrogens (tertiary/aromatic N) is 1. The standard InChI is InChI=1S/C25H22N2O3/c1-18(28)27-16-15-19-9-5-6-12-21(19)23(27)17-25(29)26-22-13-7-8-14-24(22)30-20-10-3-2-4-11-20/h2-16,23H,17H2,1H3,(H,26,29). The van der Waals surface area contributed by atoms with Gasteiger partial charge in [-0.1, -0.05) is 54.6 Å². The molecule has 1 atom stereocenters. The SMILES string of the molecule is CC(=O)N1C=Cc2ccccc2C1CC(=O)Nc1ccccc1Oc1ccccc1. The highest BCUT2D eigenvalue weighted by atomic mass is 16.5. The van der Waals surface area contributed by atoms with E-state index in [1.54, 1.807) is 17.2 Å². The van der Waals surface area contributed by atoms with Gasteiger partial charge in [0.2, 0.25) is 11.8 Å². The van der Waals surface area contributed by atoms with Crippen LogP contribution in [0.5, 0.6) is 11.5 Å². The summed E-state index contributed by atoms with van der Waals surface area (Å²) in [6, 6.07) is 24.2. The lowest BCUT2D eigenvalue weighted by atomic mass is 9.93. The third kappa shape index (κ3) is 4.25. The van der Waals surface area contributed by atoms with Crippen LogP contribution in [0, 0.1) is 0 Å². The topological polar surface area (TPSA) is 58.6 Å². The molecule has 5 nitrogen and oxygen atoms in total. The first-order valence-electron chi connectivity index (χ1n) is 9.79. The fraction of sp³-hybridized carbons (Fsp3) is 0.120. The normalized spacial score (nSPS) is 14.7. The van der Waals surface area contributed by atoms with E-state index in [-0.39, 0.29) is 24.3 Å². The highest BCUT2D eigenvalue weighted by Crippen LogP contribution is 2.34. The number of carbonyl (C=O) groups is 2. The predicted molar refractivity (Wildman–Crippen MR) is 117 cm³/mol. The van der Waals surface area contributed by atoms with Crippen molar-refractivity contribution in [3.63, 3.8) is 0 Å². The van der Waals surface area contributed by atoms with E-state index in [0.717, 1.165) is 11.1 Å². The van der Waals surface area contributed by atoms with Gasteiger partial charge in [-0.05, 0) is 41.5 Å². The number of hydrogen-bond acceptors (Lipinski definition) is 3. The van der Waals surface area contributed by atoms with E-state index < -0.39 is 0 Å². The summed E-state index contributed by atoms with van der Waals surface area (Å²) in [7, 11) is 0. The second kappa shape index (κ2) is 8.66. The molecule has 0 aromatic heterocycles. The van der Waals surface area contributed by atoms with E-state index in [9.17, 15) is 9.59 Å². The number of carbonyl (C=O) groups excluding carboxylic acids is 2. The molecule has 1 N–H and O–H groups in total. The quantitative estimate of drug-likeness (QED) is 0.628. The summed E-state index contributed by atoms with van der Waals surface area (Å²) in [6.07, 6.45) is 3.78. The molecule has 5 heteroatoms. The smallest absolute Gasteiger partial charge is 0.226 e. The van der Waals surface area contributed by atoms with E-state index in [2.05, 4.69) is 5.32 Å². The number of ether oxygens (including phenoxy) is 1. The molecule has 2 amide bonds. The van der Waals surface area contributed by atoms with Crippen LogP contribution >= 0.6 is 0 Å². The minimum absolute atomic E-state index is 0.105. The first-order chi connectivity index (χ1) is 14.6. The Balaban J connectivity index is 1.53. The molecule has 0 aliphatic carbocycles. The van der Waals surface area contributed by atoms with Gasteiger partial charge in [0.15, 0.2) is 5.75 Å². The molecule has 150 valence electrons. The van der Waals surface area contributed by atoms with Gasteiger partial charge in [0.25, 0.3) is 0 Å². The second-order valence-electron chi connectivity index (χ2n) is 7.05. The predicted octanol–water partition coefficient (Wildman–Crippen LogP) is 5.38. The average molecular weight is 398 g/mol. The molecule has 1 aliphatic rings. The molecule has 0 bridgehead atoms. The number of fused-ring (bicyclic) bond motifs is 1. The highest BCUT2D eigenvalue weighted by Gasteiger charge is 2.28. The van der Waals surface area contributed by atoms with E-state index in [4.69, 9.17) is 4.74 Å². The molecule has 1 aliphatic heterocycles. The van der Waals surface area contributed by atoms with E-state index in [1.165, 1.54) is 6.92 Å². The lowest BCUT2D eigenvalue weighted by Gasteiger charge is -2.32. The summed E-state index contributed by atoms with van der Waals surface area (Å²) in [5.41, 5.74) is 2.56. The largest absolute Gasteiger partial charge is 0.455 e. The first-order valence-corrected chi connectivity index (χ1v) is 9.79. The minimum Gasteiger partial charge on any atom is -0.455 e. The van der Waals surface area contributed by atoms with Crippen LogP contribution in [0.2, 0.25) is 0 Å². The monoisotopic (exact) mass is 398 g/mol. The Bertz CT molecular complexity index is 1090. The van der Waals surface area contributed by atoms with Crippen molar-refractivity contribution >= 4 is 23.6 Å². The van der Waals surface area contributed by atoms with Crippen LogP contribution in [0.4, 0.5) is 5.69 Å². The Morgan fingerprint density at radius 2 is 1.63 bits per heavy atom. The van der Waals surface area contributed by atoms with E-state index in [1.807, 2.05) is 78.9 Å². The van der Waals surface area contributed by atoms with Crippen molar-refractivity contribution in [1.82, 2.24) is 4.90 Å². The maximum absolute atomic E-state index is 12.9. The van der Waals surface area contributed by atoms with Gasteiger partial charge in [-0.15, -0.1) is 0 Å². The molecule has 0 saturated heterocycles. The molecular weight excluding hydrogens is 376 g/mol. The third-order valence-electron chi connectivity index (χ3n) is 4.98. The number of benzene rings is 3. The van der Waals surface area contributed by atoms with Crippen molar-refractivity contribution in [2.24, 2.45) is 0 Å². The Labute approximate surface area is 175 Å². The van der Waals surface area contributed by atoms with Gasteiger partial charge in [-0.25, -0.2) is 0 Å². The number of amides is 2. The Hall–Kier alpha value is -3.86. The summed E-state index contributed by atoms with van der Waals surface area (Å²) in [5.74, 6) is 0.949. The molecule has 0 radical (unpaired) electrons. The Morgan fingerprint density at radius 1 is 0.933 bits per heavy atom. The first kappa shape index (κ1) is 19.5. The van der Waals surface area contributed by atoms with Crippen LogP contribution in [0.15, 0.2) is 85.1 Å². The van der Waals surface area contributed by atoms with Crippen molar-refractivity contribution in [3.05, 3.63) is 96.2 Å². The van der Waals surface area contributed by atoms with E-state index in [0.29, 0.717) is 17.2 Å². The van der Waals surface area contributed by atoms with Gasteiger partial charge in [-0.2, -0.15) is 0 Å². The summed E-state index contributed by atoms with van der Waals surface area (Å²) in [4.78, 5) is 26.7. The van der Waals surface area contributed by atoms with Crippen molar-refractivity contribution < 1.29 is 14.3 Å². The second-order valence-corrected chi connectivity index (χ2v) is 7.05. The number of rotatable bonds is 5. The number of nitrogens with one attached hydrogen (secondary N) is 1. The fourth-order valence-corrected chi connectivity index (χ4v) is 3.56. The van der Waals surface area contributed by atoms with Crippen molar-refractivity contribution in [1.29, 1.82) is 0 Å². The number of anilines is 1. The van der Waals surface area contributed by atoms with Crippen molar-refractivity contribution in [3.8, 4) is 11.5 Å². The van der Waals surface area contributed by atoms with Crippen LogP contribution in [-0.4, -0.2) is 16.7 Å². The molecule has 3 aromatic carbocycles. The molecule has 0 fully saturated rings. The van der Waals surface area contributed by atoms with Gasteiger partial charge in [0.1, 0.15) is 5.75 Å². The molecule has 3 aromatic rings. The number of para-hydroxylation sites is 3. The maximum Gasteiger partial charge on any atom is 0.226 e. The summed E-state index contributed by atoms with van der Waals surface area (Å²) >= 11 is 0. The van der Waals surface area contributed by atoms with Crippen molar-refractivity contribution in [2.45, 2.75) is 19.4 Å². The molecular formula is C25H22N2O3. The van der Waals surface area contributed by atoms with Crippen LogP contribution in [0.1, 0.15) is 30.5 Å². The van der Waals surface area contributed by atoms with Gasteiger partial charge in [0, 0.05) is 13.1 Å². The molecule has 0 spiro atoms. The maximum atomic E-state index is 12.9. The summed E-state index contributed by atoms with van der Waals surface area (Å²) in [6.45, 7) is 1.51. The van der Waals surface area contributed by atoms with E-state index >= 15 is 0 Å². The fourth-order valence-electron chi connectivity index (χ4n) is 3.56. The van der Waals surface area contributed by atoms with Gasteiger partial charge in [0.05, 0.1) is 18.2 Å². The van der Waals surface area contributed by atoms with Crippen molar-refractivity contribution in [2.75, 3.05) is 5.32 Å². The zero-order chi connectivity index (χ0) is 20.9. The zero-order valence-corrected chi connectivity index (χ0v) is 16.6. The lowest BCUT2D eigenvalue weighted by molar-refractivity contribution is -0.129. The van der Waals surface area contributed by atoms with Crippen LogP contribution < -0.4 is 10.1 Å². The Kier molecular flexibility index (Phi) is 5.61. The van der Waals surface area contributed by atoms with Gasteiger partial charge >= 0.3 is 0 Å². The molecule has 1 unspecified atom stereocenters. The zero-order valence-electron chi connectivity index (χ0n) is 16.6. The highest BCUT2D eigenvalue weighted by molar-refractivity contribution is 5.93. The van der Waals surface area contributed by atoms with Crippen LogP contribution in [0.25, 0.3) is 6.08 Å². The van der Waals surface area contributed by atoms with Crippen LogP contribution in [-0.2, 0) is 9.59 Å². The molecule has 4 rings (SSSR count). The van der Waals surface area contributed by atoms with Crippen LogP contribution in [0.3, 0.4) is 0 Å². The molecule has 1 heterocycles. The third-order valence-corrected chi connectivity index (χ3v) is 4.98. The van der Waals surface area contributed by atoms with Gasteiger partial charge < -0.3 is 15.0 Å². The van der Waals surface area contributed by atoms with Gasteiger partial charge in [-0.3, -0.25) is 9.59 Å². The minimum atomic E-state index is -0.356. The lowest BCUT2D eigenvalue weighted by Crippen LogP contribution is -2.33. The average Bonchev–Trinajstić information content (AvgIpc) is 2.76. The number of hydrogen-bond donors (Lipinski definition) is 1.